The first-order valence-corrected chi connectivity index (χ1v) is 11.7. The molecule has 2 aliphatic heterocycles. The van der Waals surface area contributed by atoms with Gasteiger partial charge in [0.1, 0.15) is 0 Å². The first kappa shape index (κ1) is 22.8. The van der Waals surface area contributed by atoms with Gasteiger partial charge in [0.25, 0.3) is 0 Å². The minimum Gasteiger partial charge on any atom is -0.326 e. The number of hydrogen-bond donors (Lipinski definition) is 2. The van der Waals surface area contributed by atoms with Crippen molar-refractivity contribution in [3.05, 3.63) is 70.2 Å². The number of hydrogen-bond acceptors (Lipinski definition) is 4. The Kier molecular flexibility index (Phi) is 7.13. The van der Waals surface area contributed by atoms with Gasteiger partial charge in [-0.2, -0.15) is 0 Å². The van der Waals surface area contributed by atoms with Crippen LogP contribution in [0.2, 0.25) is 5.02 Å². The summed E-state index contributed by atoms with van der Waals surface area (Å²) in [5.74, 6) is -0.160. The molecular formula is C25H31ClN4O2. The van der Waals surface area contributed by atoms with E-state index in [1.807, 2.05) is 42.2 Å². The highest BCUT2D eigenvalue weighted by Gasteiger charge is 2.40. The molecule has 7 heteroatoms. The molecule has 0 bridgehead atoms. The molecule has 0 saturated carbocycles. The summed E-state index contributed by atoms with van der Waals surface area (Å²) >= 11 is 6.25. The normalized spacial score (nSPS) is 22.8. The molecule has 32 heavy (non-hydrogen) atoms. The third-order valence-electron chi connectivity index (χ3n) is 6.73. The molecule has 2 heterocycles. The Hall–Kier alpha value is -2.41. The Morgan fingerprint density at radius 3 is 2.62 bits per heavy atom. The average molecular weight is 455 g/mol. The fraction of sp³-hybridized carbons (Fsp3) is 0.440. The van der Waals surface area contributed by atoms with Crippen LogP contribution in [0, 0.1) is 0 Å². The van der Waals surface area contributed by atoms with E-state index >= 15 is 0 Å². The molecule has 2 saturated heterocycles. The van der Waals surface area contributed by atoms with Crippen LogP contribution in [0.4, 0.5) is 4.79 Å². The van der Waals surface area contributed by atoms with Crippen molar-refractivity contribution >= 4 is 23.5 Å². The van der Waals surface area contributed by atoms with Crippen molar-refractivity contribution in [2.45, 2.75) is 57.3 Å². The van der Waals surface area contributed by atoms with E-state index in [4.69, 9.17) is 17.3 Å². The van der Waals surface area contributed by atoms with Crippen LogP contribution in [0.1, 0.15) is 48.8 Å². The van der Waals surface area contributed by atoms with Crippen LogP contribution in [0.15, 0.2) is 48.5 Å². The highest BCUT2D eigenvalue weighted by atomic mass is 35.5. The largest absolute Gasteiger partial charge is 0.327 e. The minimum absolute atomic E-state index is 0.0309. The first-order valence-electron chi connectivity index (χ1n) is 11.4. The standard InChI is InChI=1S/C25H31ClN4O2/c1-17-6-5-13-29(17)25(32)30(16-20-14-21(26)10-9-19(20)15-27)24(31)23-22(11-12-28-23)18-7-3-2-4-8-18/h2-4,7-10,14,17,22-23,28H,5-6,11-13,15-16,27H2,1H3/t17-,22?,23+/m1/s1. The summed E-state index contributed by atoms with van der Waals surface area (Å²) in [4.78, 5) is 30.7. The molecule has 2 fully saturated rings. The Morgan fingerprint density at radius 2 is 1.94 bits per heavy atom. The fourth-order valence-electron chi connectivity index (χ4n) is 4.91. The molecule has 3 amide bonds. The number of amides is 3. The van der Waals surface area contributed by atoms with Crippen molar-refractivity contribution in [2.24, 2.45) is 5.73 Å². The first-order chi connectivity index (χ1) is 15.5. The predicted molar refractivity (Wildman–Crippen MR) is 126 cm³/mol. The zero-order chi connectivity index (χ0) is 22.7. The summed E-state index contributed by atoms with van der Waals surface area (Å²) in [6.07, 6.45) is 2.76. The molecule has 2 aromatic carbocycles. The lowest BCUT2D eigenvalue weighted by Gasteiger charge is -2.32. The zero-order valence-electron chi connectivity index (χ0n) is 18.5. The van der Waals surface area contributed by atoms with Crippen LogP contribution in [-0.2, 0) is 17.9 Å². The van der Waals surface area contributed by atoms with Crippen molar-refractivity contribution in [2.75, 3.05) is 13.1 Å². The molecule has 2 aromatic rings. The SMILES string of the molecule is C[C@@H]1CCCN1C(=O)N(Cc1cc(Cl)ccc1CN)C(=O)[C@H]1NCCC1c1ccccc1. The smallest absolute Gasteiger partial charge is 0.326 e. The summed E-state index contributed by atoms with van der Waals surface area (Å²) in [6.45, 7) is 3.93. The number of halogens is 1. The molecule has 0 radical (unpaired) electrons. The second-order valence-electron chi connectivity index (χ2n) is 8.75. The van der Waals surface area contributed by atoms with Crippen molar-refractivity contribution in [3.8, 4) is 0 Å². The van der Waals surface area contributed by atoms with Gasteiger partial charge >= 0.3 is 6.03 Å². The minimum atomic E-state index is -0.445. The Labute approximate surface area is 194 Å². The Balaban J connectivity index is 1.66. The molecule has 0 aliphatic carbocycles. The van der Waals surface area contributed by atoms with Gasteiger partial charge in [-0.15, -0.1) is 0 Å². The van der Waals surface area contributed by atoms with Crippen LogP contribution in [0.3, 0.4) is 0 Å². The Bertz CT molecular complexity index is 968. The number of nitrogens with two attached hydrogens (primary N) is 1. The number of likely N-dealkylation sites (tertiary alicyclic amines) is 1. The molecule has 3 N–H and O–H groups in total. The maximum atomic E-state index is 13.9. The van der Waals surface area contributed by atoms with Crippen molar-refractivity contribution in [3.63, 3.8) is 0 Å². The third-order valence-corrected chi connectivity index (χ3v) is 6.96. The lowest BCUT2D eigenvalue weighted by molar-refractivity contribution is -0.131. The van der Waals surface area contributed by atoms with Gasteiger partial charge in [-0.25, -0.2) is 4.79 Å². The number of carbonyl (C=O) groups excluding carboxylic acids is 2. The number of imide groups is 1. The van der Waals surface area contributed by atoms with E-state index in [0.29, 0.717) is 18.1 Å². The summed E-state index contributed by atoms with van der Waals surface area (Å²) < 4.78 is 0. The van der Waals surface area contributed by atoms with Crippen LogP contribution >= 0.6 is 11.6 Å². The predicted octanol–water partition coefficient (Wildman–Crippen LogP) is 3.88. The quantitative estimate of drug-likeness (QED) is 0.718. The lowest BCUT2D eigenvalue weighted by atomic mass is 9.91. The average Bonchev–Trinajstić information content (AvgIpc) is 3.46. The van der Waals surface area contributed by atoms with Gasteiger partial charge in [-0.05, 0) is 61.6 Å². The van der Waals surface area contributed by atoms with E-state index < -0.39 is 6.04 Å². The highest BCUT2D eigenvalue weighted by Crippen LogP contribution is 2.30. The topological polar surface area (TPSA) is 78.7 Å². The van der Waals surface area contributed by atoms with E-state index in [0.717, 1.165) is 42.5 Å². The number of nitrogens with one attached hydrogen (secondary N) is 1. The van der Waals surface area contributed by atoms with E-state index in [2.05, 4.69) is 17.4 Å². The summed E-state index contributed by atoms with van der Waals surface area (Å²) in [6, 6.07) is 15.0. The van der Waals surface area contributed by atoms with Gasteiger partial charge in [0.05, 0.1) is 12.6 Å². The second kappa shape index (κ2) is 10.0. The van der Waals surface area contributed by atoms with E-state index in [1.165, 1.54) is 4.90 Å². The van der Waals surface area contributed by atoms with Gasteiger partial charge in [0, 0.05) is 30.1 Å². The van der Waals surface area contributed by atoms with Gasteiger partial charge in [0.2, 0.25) is 5.91 Å². The zero-order valence-corrected chi connectivity index (χ0v) is 19.2. The summed E-state index contributed by atoms with van der Waals surface area (Å²) in [5.41, 5.74) is 8.74. The summed E-state index contributed by atoms with van der Waals surface area (Å²) in [5, 5.41) is 3.92. The number of rotatable bonds is 5. The number of nitrogens with zero attached hydrogens (tertiary/aromatic N) is 2. The van der Waals surface area contributed by atoms with E-state index in [9.17, 15) is 9.59 Å². The molecular weight excluding hydrogens is 424 g/mol. The maximum absolute atomic E-state index is 13.9. The van der Waals surface area contributed by atoms with Crippen molar-refractivity contribution in [1.29, 1.82) is 0 Å². The molecule has 6 nitrogen and oxygen atoms in total. The van der Waals surface area contributed by atoms with Gasteiger partial charge in [-0.3, -0.25) is 9.69 Å². The lowest BCUT2D eigenvalue weighted by Crippen LogP contribution is -2.53. The monoisotopic (exact) mass is 454 g/mol. The van der Waals surface area contributed by atoms with Gasteiger partial charge < -0.3 is 16.0 Å². The van der Waals surface area contributed by atoms with E-state index in [-0.39, 0.29) is 30.4 Å². The van der Waals surface area contributed by atoms with Crippen LogP contribution in [-0.4, -0.2) is 46.9 Å². The number of urea groups is 1. The molecule has 0 aromatic heterocycles. The molecule has 3 atom stereocenters. The second-order valence-corrected chi connectivity index (χ2v) is 9.18. The molecule has 0 spiro atoms. The van der Waals surface area contributed by atoms with Crippen LogP contribution in [0.5, 0.6) is 0 Å². The Morgan fingerprint density at radius 1 is 1.16 bits per heavy atom. The van der Waals surface area contributed by atoms with E-state index in [1.54, 1.807) is 6.07 Å². The maximum Gasteiger partial charge on any atom is 0.327 e. The highest BCUT2D eigenvalue weighted by molar-refractivity contribution is 6.30. The van der Waals surface area contributed by atoms with Crippen molar-refractivity contribution < 1.29 is 9.59 Å². The molecule has 1 unspecified atom stereocenters. The molecule has 170 valence electrons. The van der Waals surface area contributed by atoms with Crippen LogP contribution in [0.25, 0.3) is 0 Å². The molecule has 4 rings (SSSR count). The number of carbonyl (C=O) groups is 2. The molecule has 2 aliphatic rings. The third kappa shape index (κ3) is 4.68. The van der Waals surface area contributed by atoms with Gasteiger partial charge in [0.15, 0.2) is 0 Å². The van der Waals surface area contributed by atoms with Crippen molar-refractivity contribution in [1.82, 2.24) is 15.1 Å². The van der Waals surface area contributed by atoms with Gasteiger partial charge in [-0.1, -0.05) is 48.0 Å². The summed E-state index contributed by atoms with van der Waals surface area (Å²) in [7, 11) is 0. The number of benzene rings is 2. The fourth-order valence-corrected chi connectivity index (χ4v) is 5.11. The van der Waals surface area contributed by atoms with Crippen LogP contribution < -0.4 is 11.1 Å².